The van der Waals surface area contributed by atoms with E-state index in [-0.39, 0.29) is 5.28 Å². The Morgan fingerprint density at radius 2 is 2.14 bits per heavy atom. The fraction of sp³-hybridized carbons (Fsp3) is 0.154. The summed E-state index contributed by atoms with van der Waals surface area (Å²) in [5.41, 5.74) is 1.05. The SMILES string of the molecule is COC(=O)c1ccc(Nc2nc(Cl)ncc2I)c(OC)c1. The number of rotatable bonds is 4. The van der Waals surface area contributed by atoms with E-state index in [1.807, 2.05) is 0 Å². The average Bonchev–Trinajstić information content (AvgIpc) is 2.50. The van der Waals surface area contributed by atoms with Crippen molar-refractivity contribution in [2.75, 3.05) is 19.5 Å². The number of hydrogen-bond donors (Lipinski definition) is 1. The molecule has 1 N–H and O–H groups in total. The molecule has 0 unspecified atom stereocenters. The Morgan fingerprint density at radius 1 is 1.38 bits per heavy atom. The van der Waals surface area contributed by atoms with Crippen LogP contribution in [0.2, 0.25) is 5.28 Å². The standard InChI is InChI=1S/C13H11ClIN3O3/c1-20-10-5-7(12(19)21-2)3-4-9(10)17-11-8(15)6-16-13(14)18-11/h3-6H,1-2H3,(H,16,17,18). The topological polar surface area (TPSA) is 73.3 Å². The predicted molar refractivity (Wildman–Crippen MR) is 87.4 cm³/mol. The van der Waals surface area contributed by atoms with Gasteiger partial charge in [0.15, 0.2) is 0 Å². The molecule has 1 aromatic carbocycles. The number of esters is 1. The van der Waals surface area contributed by atoms with Crippen molar-refractivity contribution >= 4 is 51.7 Å². The van der Waals surface area contributed by atoms with Crippen LogP contribution < -0.4 is 10.1 Å². The Kier molecular flexibility index (Phi) is 5.18. The van der Waals surface area contributed by atoms with E-state index in [0.717, 1.165) is 3.57 Å². The van der Waals surface area contributed by atoms with Gasteiger partial charge in [-0.25, -0.2) is 9.78 Å². The van der Waals surface area contributed by atoms with Gasteiger partial charge in [0.05, 0.1) is 29.0 Å². The van der Waals surface area contributed by atoms with Crippen molar-refractivity contribution in [1.29, 1.82) is 0 Å². The van der Waals surface area contributed by atoms with Gasteiger partial charge >= 0.3 is 5.97 Å². The highest BCUT2D eigenvalue weighted by Gasteiger charge is 2.12. The van der Waals surface area contributed by atoms with Crippen LogP contribution in [0.4, 0.5) is 11.5 Å². The van der Waals surface area contributed by atoms with Gasteiger partial charge in [0.1, 0.15) is 11.6 Å². The van der Waals surface area contributed by atoms with Gasteiger partial charge in [-0.1, -0.05) is 0 Å². The summed E-state index contributed by atoms with van der Waals surface area (Å²) < 4.78 is 10.8. The Bertz CT molecular complexity index is 682. The first-order chi connectivity index (χ1) is 10.0. The van der Waals surface area contributed by atoms with Crippen LogP contribution in [0.3, 0.4) is 0 Å². The van der Waals surface area contributed by atoms with Gasteiger partial charge in [-0.2, -0.15) is 4.98 Å². The molecular formula is C13H11ClIN3O3. The third-order valence-corrected chi connectivity index (χ3v) is 3.56. The minimum atomic E-state index is -0.431. The van der Waals surface area contributed by atoms with Gasteiger partial charge in [-0.3, -0.25) is 0 Å². The Morgan fingerprint density at radius 3 is 2.81 bits per heavy atom. The van der Waals surface area contributed by atoms with Gasteiger partial charge in [0, 0.05) is 6.20 Å². The lowest BCUT2D eigenvalue weighted by atomic mass is 10.2. The first kappa shape index (κ1) is 15.8. The molecule has 1 aromatic heterocycles. The normalized spacial score (nSPS) is 10.1. The van der Waals surface area contributed by atoms with Crippen LogP contribution in [-0.4, -0.2) is 30.2 Å². The zero-order chi connectivity index (χ0) is 15.4. The zero-order valence-corrected chi connectivity index (χ0v) is 14.1. The quantitative estimate of drug-likeness (QED) is 0.466. The van der Waals surface area contributed by atoms with Crippen molar-refractivity contribution in [3.8, 4) is 5.75 Å². The molecule has 0 aliphatic rings. The molecule has 0 saturated heterocycles. The summed E-state index contributed by atoms with van der Waals surface area (Å²) in [6.45, 7) is 0. The molecule has 8 heteroatoms. The highest BCUT2D eigenvalue weighted by Crippen LogP contribution is 2.30. The van der Waals surface area contributed by atoms with E-state index in [9.17, 15) is 4.79 Å². The molecule has 0 bridgehead atoms. The van der Waals surface area contributed by atoms with Gasteiger partial charge in [-0.05, 0) is 52.4 Å². The van der Waals surface area contributed by atoms with E-state index < -0.39 is 5.97 Å². The molecule has 0 saturated carbocycles. The Hall–Kier alpha value is -1.61. The van der Waals surface area contributed by atoms with Gasteiger partial charge in [0.25, 0.3) is 0 Å². The van der Waals surface area contributed by atoms with Crippen LogP contribution >= 0.6 is 34.2 Å². The second kappa shape index (κ2) is 6.90. The van der Waals surface area contributed by atoms with E-state index in [0.29, 0.717) is 22.8 Å². The summed E-state index contributed by atoms with van der Waals surface area (Å²) in [5.74, 6) is 0.614. The van der Waals surface area contributed by atoms with Gasteiger partial charge < -0.3 is 14.8 Å². The highest BCUT2D eigenvalue weighted by atomic mass is 127. The van der Waals surface area contributed by atoms with E-state index >= 15 is 0 Å². The summed E-state index contributed by atoms with van der Waals surface area (Å²) in [6.07, 6.45) is 1.60. The van der Waals surface area contributed by atoms with Crippen molar-refractivity contribution in [2.45, 2.75) is 0 Å². The molecule has 6 nitrogen and oxygen atoms in total. The van der Waals surface area contributed by atoms with Crippen molar-refractivity contribution < 1.29 is 14.3 Å². The molecule has 2 rings (SSSR count). The lowest BCUT2D eigenvalue weighted by Gasteiger charge is -2.12. The zero-order valence-electron chi connectivity index (χ0n) is 11.2. The maximum Gasteiger partial charge on any atom is 0.337 e. The average molecular weight is 420 g/mol. The predicted octanol–water partition coefficient (Wildman–Crippen LogP) is 3.27. The van der Waals surface area contributed by atoms with Crippen molar-refractivity contribution in [3.63, 3.8) is 0 Å². The lowest BCUT2D eigenvalue weighted by Crippen LogP contribution is -2.04. The van der Waals surface area contributed by atoms with Crippen LogP contribution in [0.1, 0.15) is 10.4 Å². The number of hydrogen-bond acceptors (Lipinski definition) is 6. The number of ether oxygens (including phenoxy) is 2. The molecule has 1 heterocycles. The molecular weight excluding hydrogens is 409 g/mol. The Labute approximate surface area is 140 Å². The lowest BCUT2D eigenvalue weighted by molar-refractivity contribution is 0.0600. The number of nitrogens with one attached hydrogen (secondary N) is 1. The largest absolute Gasteiger partial charge is 0.495 e. The number of benzene rings is 1. The van der Waals surface area contributed by atoms with E-state index in [2.05, 4.69) is 42.6 Å². The Balaban J connectivity index is 2.35. The number of aromatic nitrogens is 2. The van der Waals surface area contributed by atoms with Crippen LogP contribution in [0.15, 0.2) is 24.4 Å². The van der Waals surface area contributed by atoms with Crippen LogP contribution in [0.25, 0.3) is 0 Å². The van der Waals surface area contributed by atoms with E-state index in [4.69, 9.17) is 16.3 Å². The second-order valence-electron chi connectivity index (χ2n) is 3.87. The van der Waals surface area contributed by atoms with Crippen LogP contribution in [0.5, 0.6) is 5.75 Å². The molecule has 110 valence electrons. The summed E-state index contributed by atoms with van der Waals surface area (Å²) in [7, 11) is 2.84. The first-order valence-corrected chi connectivity index (χ1v) is 7.22. The van der Waals surface area contributed by atoms with Crippen molar-refractivity contribution in [1.82, 2.24) is 9.97 Å². The van der Waals surface area contributed by atoms with E-state index in [1.54, 1.807) is 24.4 Å². The molecule has 0 atom stereocenters. The van der Waals surface area contributed by atoms with Crippen molar-refractivity contribution in [3.05, 3.63) is 38.8 Å². The van der Waals surface area contributed by atoms with Crippen molar-refractivity contribution in [2.24, 2.45) is 0 Å². The highest BCUT2D eigenvalue weighted by molar-refractivity contribution is 14.1. The van der Waals surface area contributed by atoms with Crippen LogP contribution in [-0.2, 0) is 4.74 Å². The molecule has 21 heavy (non-hydrogen) atoms. The smallest absolute Gasteiger partial charge is 0.337 e. The number of carbonyl (C=O) groups is 1. The molecule has 0 aliphatic heterocycles. The monoisotopic (exact) mass is 419 g/mol. The van der Waals surface area contributed by atoms with Crippen LogP contribution in [0, 0.1) is 3.57 Å². The summed E-state index contributed by atoms with van der Waals surface area (Å²) in [5, 5.41) is 3.24. The first-order valence-electron chi connectivity index (χ1n) is 5.76. The molecule has 0 aliphatic carbocycles. The number of anilines is 2. The van der Waals surface area contributed by atoms with Gasteiger partial charge in [-0.15, -0.1) is 0 Å². The third-order valence-electron chi connectivity index (χ3n) is 2.59. The number of methoxy groups -OCH3 is 2. The molecule has 0 spiro atoms. The summed E-state index contributed by atoms with van der Waals surface area (Å²) in [4.78, 5) is 19.5. The molecule has 2 aromatic rings. The van der Waals surface area contributed by atoms with Gasteiger partial charge in [0.2, 0.25) is 5.28 Å². The number of carbonyl (C=O) groups excluding carboxylic acids is 1. The molecule has 0 radical (unpaired) electrons. The third kappa shape index (κ3) is 3.73. The summed E-state index contributed by atoms with van der Waals surface area (Å²) in [6, 6.07) is 4.92. The number of nitrogens with zero attached hydrogens (tertiary/aromatic N) is 2. The molecule has 0 fully saturated rings. The molecule has 0 amide bonds. The minimum Gasteiger partial charge on any atom is -0.495 e. The number of halogens is 2. The second-order valence-corrected chi connectivity index (χ2v) is 5.37. The minimum absolute atomic E-state index is 0.142. The maximum atomic E-state index is 11.5. The fourth-order valence-corrected chi connectivity index (χ4v) is 2.13. The fourth-order valence-electron chi connectivity index (χ4n) is 1.60. The van der Waals surface area contributed by atoms with E-state index in [1.165, 1.54) is 14.2 Å². The summed E-state index contributed by atoms with van der Waals surface area (Å²) >= 11 is 7.87. The maximum absolute atomic E-state index is 11.5.